The molecule has 0 bridgehead atoms. The van der Waals surface area contributed by atoms with Gasteiger partial charge in [0.25, 0.3) is 0 Å². The van der Waals surface area contributed by atoms with E-state index in [1.54, 1.807) is 13.2 Å². The van der Waals surface area contributed by atoms with E-state index in [0.29, 0.717) is 37.4 Å². The number of carbonyl (C=O) groups excluding carboxylic acids is 3. The molecule has 42 heavy (non-hydrogen) atoms. The first-order valence-corrected chi connectivity index (χ1v) is 14.2. The van der Waals surface area contributed by atoms with Gasteiger partial charge in [0.1, 0.15) is 5.75 Å². The quantitative estimate of drug-likeness (QED) is 0.225. The first-order chi connectivity index (χ1) is 20.4. The fraction of sp³-hybridized carbons (Fsp3) is 0.324. The van der Waals surface area contributed by atoms with Crippen molar-refractivity contribution >= 4 is 40.3 Å². The molecule has 4 atom stereocenters. The molecule has 0 unspecified atom stereocenters. The van der Waals surface area contributed by atoms with Crippen LogP contribution >= 0.6 is 0 Å². The second-order valence-corrected chi connectivity index (χ2v) is 11.0. The van der Waals surface area contributed by atoms with Crippen molar-refractivity contribution in [3.63, 3.8) is 0 Å². The van der Waals surface area contributed by atoms with E-state index in [2.05, 4.69) is 18.2 Å². The minimum atomic E-state index is -0.941. The van der Waals surface area contributed by atoms with Crippen molar-refractivity contribution in [2.24, 2.45) is 17.8 Å². The maximum Gasteiger partial charge on any atom is 0.423 e. The summed E-state index contributed by atoms with van der Waals surface area (Å²) in [5.74, 6) is -2.35. The van der Waals surface area contributed by atoms with Crippen LogP contribution in [0.1, 0.15) is 30.4 Å². The number of hydrogen-bond donors (Lipinski definition) is 1. The van der Waals surface area contributed by atoms with Crippen molar-refractivity contribution in [2.45, 2.75) is 25.4 Å². The summed E-state index contributed by atoms with van der Waals surface area (Å²) < 4.78 is 16.6. The lowest BCUT2D eigenvalue weighted by Gasteiger charge is -2.31. The third-order valence-corrected chi connectivity index (χ3v) is 8.77. The van der Waals surface area contributed by atoms with Crippen LogP contribution in [0.5, 0.6) is 5.75 Å². The molecule has 3 aliphatic rings. The number of ether oxygens (including phenoxy) is 3. The number of likely N-dealkylation sites (tertiary alicyclic amines) is 1. The van der Waals surface area contributed by atoms with Gasteiger partial charge in [-0.15, -0.1) is 0 Å². The van der Waals surface area contributed by atoms with Crippen molar-refractivity contribution in [1.29, 1.82) is 0 Å². The number of fused-ring (bicyclic) bond motifs is 4. The van der Waals surface area contributed by atoms with E-state index in [4.69, 9.17) is 14.2 Å². The fourth-order valence-electron chi connectivity index (χ4n) is 6.91. The van der Waals surface area contributed by atoms with Crippen molar-refractivity contribution in [2.75, 3.05) is 27.4 Å². The Kier molecular flexibility index (Phi) is 7.66. The van der Waals surface area contributed by atoms with Crippen LogP contribution < -0.4 is 0 Å². The zero-order valence-corrected chi connectivity index (χ0v) is 23.6. The summed E-state index contributed by atoms with van der Waals surface area (Å²) in [5, 5.41) is 12.2. The Morgan fingerprint density at radius 3 is 2.45 bits per heavy atom. The Labute approximate surface area is 244 Å². The van der Waals surface area contributed by atoms with E-state index in [-0.39, 0.29) is 17.8 Å². The van der Waals surface area contributed by atoms with E-state index >= 15 is 0 Å². The molecule has 216 valence electrons. The second kappa shape index (κ2) is 11.5. The minimum absolute atomic E-state index is 0.244. The van der Waals surface area contributed by atoms with Gasteiger partial charge in [-0.1, -0.05) is 66.7 Å². The van der Waals surface area contributed by atoms with Crippen LogP contribution in [-0.2, 0) is 23.8 Å². The maximum atomic E-state index is 13.3. The highest BCUT2D eigenvalue weighted by atomic mass is 16.5. The normalized spacial score (nSPS) is 23.9. The largest absolute Gasteiger partial charge is 0.507 e. The number of imide groups is 3. The number of methoxy groups -OCH3 is 2. The second-order valence-electron chi connectivity index (χ2n) is 11.0. The Morgan fingerprint density at radius 2 is 1.71 bits per heavy atom. The van der Waals surface area contributed by atoms with Gasteiger partial charge in [-0.3, -0.25) is 9.59 Å². The van der Waals surface area contributed by atoms with Crippen molar-refractivity contribution in [3.8, 4) is 5.75 Å². The fourth-order valence-corrected chi connectivity index (χ4v) is 6.91. The van der Waals surface area contributed by atoms with E-state index in [9.17, 15) is 19.5 Å². The smallest absolute Gasteiger partial charge is 0.423 e. The summed E-state index contributed by atoms with van der Waals surface area (Å²) in [6, 6.07) is 21.6. The van der Waals surface area contributed by atoms with Gasteiger partial charge in [-0.2, -0.15) is 4.90 Å². The van der Waals surface area contributed by atoms with Gasteiger partial charge in [-0.25, -0.2) is 4.79 Å². The number of carbonyl (C=O) groups is 3. The lowest BCUT2D eigenvalue weighted by molar-refractivity contribution is -0.137. The number of nitrogens with zero attached hydrogens (tertiary/aromatic N) is 1. The van der Waals surface area contributed by atoms with Gasteiger partial charge in [-0.05, 0) is 58.6 Å². The number of hydrogen-bond acceptors (Lipinski definition) is 7. The molecule has 1 aliphatic carbocycles. The molecule has 1 N–H and O–H groups in total. The Balaban J connectivity index is 1.32. The topological polar surface area (TPSA) is 102 Å². The average molecular weight is 568 g/mol. The number of aromatic hydroxyl groups is 1. The highest BCUT2D eigenvalue weighted by Gasteiger charge is 2.58. The lowest BCUT2D eigenvalue weighted by atomic mass is 9.69. The van der Waals surface area contributed by atoms with Gasteiger partial charge in [0.15, 0.2) is 0 Å². The summed E-state index contributed by atoms with van der Waals surface area (Å²) in [6.45, 7) is 0.630. The molecule has 0 saturated carbocycles. The van der Waals surface area contributed by atoms with Crippen LogP contribution in [0.4, 0.5) is 4.79 Å². The zero-order chi connectivity index (χ0) is 29.4. The molecule has 0 aromatic heterocycles. The number of allylic oxidation sites excluding steroid dienone is 1. The molecule has 8 nitrogen and oxygen atoms in total. The van der Waals surface area contributed by atoms with Gasteiger partial charge in [0, 0.05) is 18.4 Å². The van der Waals surface area contributed by atoms with Crippen molar-refractivity contribution in [1.82, 2.24) is 4.90 Å². The molecule has 6 rings (SSSR count). The van der Waals surface area contributed by atoms with E-state index in [1.165, 1.54) is 7.11 Å². The average Bonchev–Trinajstić information content (AvgIpc) is 3.55. The van der Waals surface area contributed by atoms with Gasteiger partial charge in [0.2, 0.25) is 11.8 Å². The third kappa shape index (κ3) is 4.80. The number of rotatable bonds is 7. The number of benzene rings is 3. The van der Waals surface area contributed by atoms with E-state index in [1.807, 2.05) is 48.5 Å². The molecule has 0 spiro atoms. The standard InChI is InChI=1S/C34H33NO7/c1-40-18-23-17-26-31(33(38)35(32(26)37)34(39)41-2)27-19-42-29(30(23)27)15-13-21(20-8-4-3-5-9-20)16-22-12-14-28(36)25-11-7-6-10-24(22)25/h3-12,14,16,26-27,29,31,36H,13,15,17-19H2,1-2H3/b21-16-/t26-,27+,29-,31-/m1/s1. The number of amides is 3. The predicted octanol–water partition coefficient (Wildman–Crippen LogP) is 5.60. The molecule has 3 amide bonds. The van der Waals surface area contributed by atoms with Gasteiger partial charge >= 0.3 is 6.09 Å². The minimum Gasteiger partial charge on any atom is -0.507 e. The molecular formula is C34H33NO7. The molecular weight excluding hydrogens is 534 g/mol. The molecule has 8 heteroatoms. The molecule has 0 radical (unpaired) electrons. The van der Waals surface area contributed by atoms with Crippen LogP contribution in [0.2, 0.25) is 0 Å². The third-order valence-electron chi connectivity index (χ3n) is 8.77. The van der Waals surface area contributed by atoms with Gasteiger partial charge < -0.3 is 19.3 Å². The predicted molar refractivity (Wildman–Crippen MR) is 157 cm³/mol. The van der Waals surface area contributed by atoms with Crippen molar-refractivity contribution < 1.29 is 33.7 Å². The summed E-state index contributed by atoms with van der Waals surface area (Å²) in [6.07, 6.45) is 2.68. The first-order valence-electron chi connectivity index (χ1n) is 14.2. The highest BCUT2D eigenvalue weighted by molar-refractivity contribution is 6.16. The summed E-state index contributed by atoms with van der Waals surface area (Å²) in [5.41, 5.74) is 5.20. The first kappa shape index (κ1) is 27.9. The van der Waals surface area contributed by atoms with E-state index in [0.717, 1.165) is 38.6 Å². The van der Waals surface area contributed by atoms with Crippen molar-refractivity contribution in [3.05, 3.63) is 89.0 Å². The Morgan fingerprint density at radius 1 is 0.976 bits per heavy atom. The lowest BCUT2D eigenvalue weighted by Crippen LogP contribution is -2.38. The molecule has 3 aromatic carbocycles. The van der Waals surface area contributed by atoms with Crippen LogP contribution in [0.3, 0.4) is 0 Å². The molecule has 2 saturated heterocycles. The molecule has 3 aromatic rings. The monoisotopic (exact) mass is 567 g/mol. The number of phenols is 1. The highest BCUT2D eigenvalue weighted by Crippen LogP contribution is 2.50. The number of phenolic OH excluding ortho intramolecular Hbond substituents is 1. The van der Waals surface area contributed by atoms with Crippen LogP contribution in [0.25, 0.3) is 22.4 Å². The Bertz CT molecular complexity index is 1610. The molecule has 2 heterocycles. The van der Waals surface area contributed by atoms with E-state index < -0.39 is 29.7 Å². The van der Waals surface area contributed by atoms with Gasteiger partial charge in [0.05, 0.1) is 38.3 Å². The molecule has 2 aliphatic heterocycles. The summed E-state index contributed by atoms with van der Waals surface area (Å²) in [7, 11) is 2.78. The Hall–Kier alpha value is -4.27. The SMILES string of the molecule is COCC1=C2[C@@H](CC/C(=C/c3ccc(O)c4ccccc34)c3ccccc3)OC[C@@H]2[C@@H]2C(=O)N(C(=O)OC)C(=O)[C@@H]2C1. The molecule has 2 fully saturated rings. The summed E-state index contributed by atoms with van der Waals surface area (Å²) >= 11 is 0. The summed E-state index contributed by atoms with van der Waals surface area (Å²) in [4.78, 5) is 39.4. The van der Waals surface area contributed by atoms with Crippen LogP contribution in [0.15, 0.2) is 77.9 Å². The zero-order valence-electron chi connectivity index (χ0n) is 23.6. The van der Waals surface area contributed by atoms with Crippen LogP contribution in [-0.4, -0.2) is 61.5 Å². The maximum absolute atomic E-state index is 13.3. The van der Waals surface area contributed by atoms with Crippen LogP contribution in [0, 0.1) is 17.8 Å².